The van der Waals surface area contributed by atoms with Gasteiger partial charge in [0.25, 0.3) is 5.91 Å². The number of nitrogens with zero attached hydrogens (tertiary/aromatic N) is 3. The number of rotatable bonds is 7. The van der Waals surface area contributed by atoms with Crippen LogP contribution in [-0.2, 0) is 11.2 Å². The SMILES string of the molecule is NC(c1ccc(C(=O)Nc2ccncc2)cc1)C1CCCN1C(=O)Cc1csc(-c2ccccc2)n1. The second-order valence-electron chi connectivity index (χ2n) is 8.82. The number of anilines is 1. The number of benzene rings is 2. The van der Waals surface area contributed by atoms with E-state index in [0.717, 1.165) is 34.7 Å². The Morgan fingerprint density at radius 3 is 2.56 bits per heavy atom. The molecule has 2 aromatic carbocycles. The summed E-state index contributed by atoms with van der Waals surface area (Å²) in [7, 11) is 0. The zero-order valence-corrected chi connectivity index (χ0v) is 20.5. The van der Waals surface area contributed by atoms with Gasteiger partial charge in [0.15, 0.2) is 0 Å². The number of amides is 2. The van der Waals surface area contributed by atoms with E-state index in [9.17, 15) is 9.59 Å². The molecule has 1 fully saturated rings. The van der Waals surface area contributed by atoms with Crippen LogP contribution in [0.3, 0.4) is 0 Å². The first kappa shape index (κ1) is 23.8. The van der Waals surface area contributed by atoms with Gasteiger partial charge < -0.3 is 16.0 Å². The number of hydrogen-bond acceptors (Lipinski definition) is 6. The third-order valence-electron chi connectivity index (χ3n) is 6.43. The van der Waals surface area contributed by atoms with Gasteiger partial charge in [-0.05, 0) is 42.7 Å². The molecule has 1 aliphatic rings. The number of thiazole rings is 1. The number of carbonyl (C=O) groups is 2. The van der Waals surface area contributed by atoms with E-state index >= 15 is 0 Å². The van der Waals surface area contributed by atoms with Gasteiger partial charge >= 0.3 is 0 Å². The fourth-order valence-electron chi connectivity index (χ4n) is 4.55. The number of likely N-dealkylation sites (tertiary alicyclic amines) is 1. The van der Waals surface area contributed by atoms with E-state index in [4.69, 9.17) is 5.73 Å². The van der Waals surface area contributed by atoms with Crippen LogP contribution >= 0.6 is 11.3 Å². The molecule has 8 heteroatoms. The molecule has 7 nitrogen and oxygen atoms in total. The lowest BCUT2D eigenvalue weighted by Crippen LogP contribution is -2.42. The standard InChI is InChI=1S/C28H27N5O2S/c29-26(19-8-10-20(11-9-19)27(35)31-22-12-14-30-15-13-22)24-7-4-16-33(24)25(34)17-23-18-36-28(32-23)21-5-2-1-3-6-21/h1-3,5-6,8-15,18,24,26H,4,7,16-17,29H2,(H,30,31,35). The first-order valence-electron chi connectivity index (χ1n) is 11.9. The van der Waals surface area contributed by atoms with Crippen LogP contribution in [0, 0.1) is 0 Å². The molecule has 2 unspecified atom stereocenters. The van der Waals surface area contributed by atoms with E-state index in [1.54, 1.807) is 48.0 Å². The van der Waals surface area contributed by atoms with Crippen molar-refractivity contribution in [2.24, 2.45) is 5.73 Å². The van der Waals surface area contributed by atoms with Gasteiger partial charge in [0.2, 0.25) is 5.91 Å². The minimum atomic E-state index is -0.330. The Morgan fingerprint density at radius 2 is 1.81 bits per heavy atom. The summed E-state index contributed by atoms with van der Waals surface area (Å²) < 4.78 is 0. The maximum absolute atomic E-state index is 13.2. The molecule has 2 aromatic heterocycles. The number of nitrogens with one attached hydrogen (secondary N) is 1. The summed E-state index contributed by atoms with van der Waals surface area (Å²) in [6, 6.07) is 20.3. The molecule has 4 aromatic rings. The molecule has 0 spiro atoms. The quantitative estimate of drug-likeness (QED) is 0.386. The maximum Gasteiger partial charge on any atom is 0.255 e. The molecular weight excluding hydrogens is 470 g/mol. The van der Waals surface area contributed by atoms with Gasteiger partial charge in [0, 0.05) is 41.1 Å². The van der Waals surface area contributed by atoms with E-state index in [2.05, 4.69) is 15.3 Å². The number of carbonyl (C=O) groups excluding carboxylic acids is 2. The van der Waals surface area contributed by atoms with Crippen LogP contribution in [0.4, 0.5) is 5.69 Å². The van der Waals surface area contributed by atoms with Gasteiger partial charge in [-0.1, -0.05) is 42.5 Å². The third-order valence-corrected chi connectivity index (χ3v) is 7.38. The highest BCUT2D eigenvalue weighted by molar-refractivity contribution is 7.13. The van der Waals surface area contributed by atoms with Crippen LogP contribution in [0.15, 0.2) is 84.5 Å². The monoisotopic (exact) mass is 497 g/mol. The zero-order valence-electron chi connectivity index (χ0n) is 19.7. The van der Waals surface area contributed by atoms with Gasteiger partial charge in [-0.3, -0.25) is 14.6 Å². The van der Waals surface area contributed by atoms with Crippen LogP contribution in [0.25, 0.3) is 10.6 Å². The van der Waals surface area contributed by atoms with Crippen molar-refractivity contribution in [1.82, 2.24) is 14.9 Å². The van der Waals surface area contributed by atoms with Gasteiger partial charge in [-0.25, -0.2) is 4.98 Å². The van der Waals surface area contributed by atoms with Crippen LogP contribution in [0.5, 0.6) is 0 Å². The summed E-state index contributed by atoms with van der Waals surface area (Å²) in [5.41, 5.74) is 10.6. The fraction of sp³-hybridized carbons (Fsp3) is 0.214. The lowest BCUT2D eigenvalue weighted by Gasteiger charge is -2.30. The van der Waals surface area contributed by atoms with E-state index in [1.807, 2.05) is 52.7 Å². The van der Waals surface area contributed by atoms with Crippen LogP contribution in [0.2, 0.25) is 0 Å². The predicted octanol–water partition coefficient (Wildman–Crippen LogP) is 4.69. The maximum atomic E-state index is 13.2. The third kappa shape index (κ3) is 5.35. The number of nitrogens with two attached hydrogens (primary N) is 1. The summed E-state index contributed by atoms with van der Waals surface area (Å²) in [6.45, 7) is 0.694. The first-order chi connectivity index (χ1) is 17.6. The average molecular weight is 498 g/mol. The van der Waals surface area contributed by atoms with Crippen LogP contribution < -0.4 is 11.1 Å². The topological polar surface area (TPSA) is 101 Å². The van der Waals surface area contributed by atoms with Crippen molar-refractivity contribution in [2.75, 3.05) is 11.9 Å². The molecule has 0 bridgehead atoms. The van der Waals surface area contributed by atoms with Crippen LogP contribution in [0.1, 0.15) is 40.5 Å². The van der Waals surface area contributed by atoms with Crippen LogP contribution in [-0.4, -0.2) is 39.3 Å². The Kier molecular flexibility index (Phi) is 7.16. The highest BCUT2D eigenvalue weighted by Gasteiger charge is 2.34. The Bertz CT molecular complexity index is 1330. The molecule has 2 atom stereocenters. The van der Waals surface area contributed by atoms with Crippen molar-refractivity contribution in [2.45, 2.75) is 31.3 Å². The largest absolute Gasteiger partial charge is 0.337 e. The molecule has 0 radical (unpaired) electrons. The normalized spacial score (nSPS) is 16.0. The fourth-order valence-corrected chi connectivity index (χ4v) is 5.38. The molecule has 2 amide bonds. The summed E-state index contributed by atoms with van der Waals surface area (Å²) in [6.07, 6.45) is 5.29. The second-order valence-corrected chi connectivity index (χ2v) is 9.68. The van der Waals surface area contributed by atoms with E-state index in [-0.39, 0.29) is 30.3 Å². The minimum absolute atomic E-state index is 0.0474. The average Bonchev–Trinajstić information content (AvgIpc) is 3.60. The molecule has 3 N–H and O–H groups in total. The molecular formula is C28H27N5O2S. The highest BCUT2D eigenvalue weighted by Crippen LogP contribution is 2.29. The Hall–Kier alpha value is -3.88. The second kappa shape index (κ2) is 10.8. The van der Waals surface area contributed by atoms with Crippen molar-refractivity contribution >= 4 is 28.8 Å². The predicted molar refractivity (Wildman–Crippen MR) is 142 cm³/mol. The lowest BCUT2D eigenvalue weighted by atomic mass is 9.97. The van der Waals surface area contributed by atoms with Gasteiger partial charge in [-0.15, -0.1) is 11.3 Å². The summed E-state index contributed by atoms with van der Waals surface area (Å²) in [4.78, 5) is 36.3. The van der Waals surface area contributed by atoms with E-state index < -0.39 is 0 Å². The number of aromatic nitrogens is 2. The van der Waals surface area contributed by atoms with Crippen molar-refractivity contribution < 1.29 is 9.59 Å². The summed E-state index contributed by atoms with van der Waals surface area (Å²) in [5, 5.41) is 5.73. The van der Waals surface area contributed by atoms with Crippen molar-refractivity contribution in [3.63, 3.8) is 0 Å². The number of pyridine rings is 1. The Morgan fingerprint density at radius 1 is 1.06 bits per heavy atom. The molecule has 5 rings (SSSR count). The molecule has 0 aliphatic carbocycles. The minimum Gasteiger partial charge on any atom is -0.337 e. The first-order valence-corrected chi connectivity index (χ1v) is 12.8. The molecule has 182 valence electrons. The summed E-state index contributed by atoms with van der Waals surface area (Å²) in [5.74, 6) is -0.150. The van der Waals surface area contributed by atoms with Crippen molar-refractivity contribution in [1.29, 1.82) is 0 Å². The molecule has 36 heavy (non-hydrogen) atoms. The highest BCUT2D eigenvalue weighted by atomic mass is 32.1. The van der Waals surface area contributed by atoms with E-state index in [1.165, 1.54) is 0 Å². The van der Waals surface area contributed by atoms with Gasteiger partial charge in [-0.2, -0.15) is 0 Å². The van der Waals surface area contributed by atoms with Crippen molar-refractivity contribution in [3.05, 3.63) is 101 Å². The Balaban J connectivity index is 1.22. The lowest BCUT2D eigenvalue weighted by molar-refractivity contribution is -0.131. The smallest absolute Gasteiger partial charge is 0.255 e. The number of hydrogen-bond donors (Lipinski definition) is 2. The van der Waals surface area contributed by atoms with Gasteiger partial charge in [0.1, 0.15) is 5.01 Å². The Labute approximate surface area is 214 Å². The van der Waals surface area contributed by atoms with E-state index in [0.29, 0.717) is 17.8 Å². The molecule has 0 saturated carbocycles. The molecule has 3 heterocycles. The van der Waals surface area contributed by atoms with Crippen molar-refractivity contribution in [3.8, 4) is 10.6 Å². The molecule has 1 aliphatic heterocycles. The van der Waals surface area contributed by atoms with Gasteiger partial charge in [0.05, 0.1) is 24.2 Å². The molecule has 1 saturated heterocycles. The summed E-state index contributed by atoms with van der Waals surface area (Å²) >= 11 is 1.55. The zero-order chi connectivity index (χ0) is 24.9.